The Morgan fingerprint density at radius 2 is 2.14 bits per heavy atom. The SMILES string of the molecule is Cc1ccc(OS)c2c1CC(C)(C)O2. The lowest BCUT2D eigenvalue weighted by atomic mass is 9.98. The number of thiol groups is 1. The molecular weight excluding hydrogens is 196 g/mol. The van der Waals surface area contributed by atoms with Crippen LogP contribution in [-0.2, 0) is 6.42 Å². The van der Waals surface area contributed by atoms with E-state index in [1.807, 2.05) is 12.1 Å². The van der Waals surface area contributed by atoms with Gasteiger partial charge in [0.15, 0.2) is 11.5 Å². The van der Waals surface area contributed by atoms with Crippen LogP contribution in [0.4, 0.5) is 0 Å². The molecule has 0 bridgehead atoms. The van der Waals surface area contributed by atoms with E-state index >= 15 is 0 Å². The third-order valence-electron chi connectivity index (χ3n) is 2.54. The second-order valence-corrected chi connectivity index (χ2v) is 4.50. The van der Waals surface area contributed by atoms with Crippen LogP contribution in [0.25, 0.3) is 0 Å². The normalized spacial score (nSPS) is 17.4. The molecule has 0 N–H and O–H groups in total. The van der Waals surface area contributed by atoms with Crippen molar-refractivity contribution >= 4 is 12.9 Å². The molecule has 0 saturated carbocycles. The smallest absolute Gasteiger partial charge is 0.179 e. The molecule has 76 valence electrons. The number of rotatable bonds is 1. The lowest BCUT2D eigenvalue weighted by molar-refractivity contribution is 0.136. The van der Waals surface area contributed by atoms with Crippen molar-refractivity contribution in [3.63, 3.8) is 0 Å². The molecule has 1 heterocycles. The zero-order valence-electron chi connectivity index (χ0n) is 8.63. The van der Waals surface area contributed by atoms with Gasteiger partial charge >= 0.3 is 0 Å². The summed E-state index contributed by atoms with van der Waals surface area (Å²) in [6, 6.07) is 3.93. The predicted octanol–water partition coefficient (Wildman–Crippen LogP) is 2.93. The quantitative estimate of drug-likeness (QED) is 0.567. The fourth-order valence-corrected chi connectivity index (χ4v) is 1.99. The fraction of sp³-hybridized carbons (Fsp3) is 0.455. The molecule has 1 aromatic carbocycles. The van der Waals surface area contributed by atoms with E-state index in [-0.39, 0.29) is 5.60 Å². The van der Waals surface area contributed by atoms with Crippen LogP contribution in [0.3, 0.4) is 0 Å². The monoisotopic (exact) mass is 210 g/mol. The average Bonchev–Trinajstić information content (AvgIpc) is 2.42. The molecule has 1 aromatic rings. The maximum atomic E-state index is 5.82. The molecule has 1 aliphatic heterocycles. The number of aryl methyl sites for hydroxylation is 1. The Hall–Kier alpha value is -0.830. The molecule has 2 rings (SSSR count). The Morgan fingerprint density at radius 1 is 1.43 bits per heavy atom. The van der Waals surface area contributed by atoms with Gasteiger partial charge in [0.25, 0.3) is 0 Å². The summed E-state index contributed by atoms with van der Waals surface area (Å²) in [6.07, 6.45) is 0.930. The zero-order valence-corrected chi connectivity index (χ0v) is 9.52. The molecule has 3 heteroatoms. The average molecular weight is 210 g/mol. The number of hydrogen-bond acceptors (Lipinski definition) is 3. The molecule has 0 amide bonds. The molecule has 0 spiro atoms. The predicted molar refractivity (Wildman–Crippen MR) is 59.2 cm³/mol. The summed E-state index contributed by atoms with van der Waals surface area (Å²) < 4.78 is 10.8. The largest absolute Gasteiger partial charge is 0.483 e. The molecule has 0 unspecified atom stereocenters. The van der Waals surface area contributed by atoms with Crippen molar-refractivity contribution in [1.82, 2.24) is 0 Å². The van der Waals surface area contributed by atoms with Crippen LogP contribution in [0.2, 0.25) is 0 Å². The summed E-state index contributed by atoms with van der Waals surface area (Å²) >= 11 is 3.82. The Morgan fingerprint density at radius 3 is 2.79 bits per heavy atom. The Kier molecular flexibility index (Phi) is 2.14. The first-order chi connectivity index (χ1) is 6.53. The molecule has 14 heavy (non-hydrogen) atoms. The minimum absolute atomic E-state index is 0.129. The van der Waals surface area contributed by atoms with Gasteiger partial charge in [-0.2, -0.15) is 0 Å². The van der Waals surface area contributed by atoms with E-state index in [4.69, 9.17) is 8.92 Å². The second-order valence-electron chi connectivity index (χ2n) is 4.32. The first-order valence-corrected chi connectivity index (χ1v) is 5.03. The van der Waals surface area contributed by atoms with Crippen LogP contribution in [0.5, 0.6) is 11.5 Å². The van der Waals surface area contributed by atoms with E-state index in [1.165, 1.54) is 11.1 Å². The molecule has 0 fully saturated rings. The van der Waals surface area contributed by atoms with Crippen LogP contribution < -0.4 is 8.92 Å². The van der Waals surface area contributed by atoms with Crippen molar-refractivity contribution in [2.75, 3.05) is 0 Å². The minimum atomic E-state index is -0.129. The van der Waals surface area contributed by atoms with Gasteiger partial charge in [-0.1, -0.05) is 6.07 Å². The van der Waals surface area contributed by atoms with E-state index < -0.39 is 0 Å². The number of hydrogen-bond donors (Lipinski definition) is 1. The highest BCUT2D eigenvalue weighted by atomic mass is 32.1. The summed E-state index contributed by atoms with van der Waals surface area (Å²) in [4.78, 5) is 0. The van der Waals surface area contributed by atoms with Crippen LogP contribution >= 0.6 is 12.9 Å². The number of ether oxygens (including phenoxy) is 1. The summed E-state index contributed by atoms with van der Waals surface area (Å²) in [5.41, 5.74) is 2.36. The second kappa shape index (κ2) is 3.09. The molecule has 0 atom stereocenters. The van der Waals surface area contributed by atoms with Gasteiger partial charge in [0.2, 0.25) is 0 Å². The fourth-order valence-electron chi connectivity index (χ4n) is 1.85. The van der Waals surface area contributed by atoms with E-state index in [2.05, 4.69) is 33.7 Å². The maximum Gasteiger partial charge on any atom is 0.179 e. The molecule has 0 radical (unpaired) electrons. The van der Waals surface area contributed by atoms with Crippen LogP contribution in [0.15, 0.2) is 12.1 Å². The Labute approximate surface area is 89.8 Å². The van der Waals surface area contributed by atoms with Crippen LogP contribution in [-0.4, -0.2) is 5.60 Å². The van der Waals surface area contributed by atoms with Gasteiger partial charge in [0.1, 0.15) is 5.60 Å². The minimum Gasteiger partial charge on any atom is -0.483 e. The van der Waals surface area contributed by atoms with Crippen molar-refractivity contribution in [1.29, 1.82) is 0 Å². The highest BCUT2D eigenvalue weighted by molar-refractivity contribution is 7.75. The molecular formula is C11H14O2S. The highest BCUT2D eigenvalue weighted by Gasteiger charge is 2.33. The molecule has 2 nitrogen and oxygen atoms in total. The van der Waals surface area contributed by atoms with E-state index in [9.17, 15) is 0 Å². The first kappa shape index (κ1) is 9.71. The molecule has 0 aromatic heterocycles. The van der Waals surface area contributed by atoms with Crippen LogP contribution in [0.1, 0.15) is 25.0 Å². The summed E-state index contributed by atoms with van der Waals surface area (Å²) in [5, 5.41) is 0. The van der Waals surface area contributed by atoms with E-state index in [0.29, 0.717) is 5.75 Å². The van der Waals surface area contributed by atoms with Crippen molar-refractivity contribution in [2.45, 2.75) is 32.8 Å². The van der Waals surface area contributed by atoms with Gasteiger partial charge in [-0.25, -0.2) is 0 Å². The van der Waals surface area contributed by atoms with Crippen molar-refractivity contribution in [3.05, 3.63) is 23.3 Å². The molecule has 0 aliphatic carbocycles. The number of benzene rings is 1. The summed E-state index contributed by atoms with van der Waals surface area (Å²) in [7, 11) is 0. The van der Waals surface area contributed by atoms with Gasteiger partial charge in [-0.05, 0) is 32.4 Å². The lowest BCUT2D eigenvalue weighted by Gasteiger charge is -2.17. The standard InChI is InChI=1S/C11H14O2S/c1-7-4-5-9(13-14)10-8(7)6-11(2,3)12-10/h4-5,14H,6H2,1-3H3. The van der Waals surface area contributed by atoms with E-state index in [0.717, 1.165) is 12.2 Å². The lowest BCUT2D eigenvalue weighted by Crippen LogP contribution is -2.24. The van der Waals surface area contributed by atoms with Crippen molar-refractivity contribution < 1.29 is 8.92 Å². The van der Waals surface area contributed by atoms with Crippen molar-refractivity contribution in [2.24, 2.45) is 0 Å². The molecule has 1 aliphatic rings. The zero-order chi connectivity index (χ0) is 10.3. The number of fused-ring (bicyclic) bond motifs is 1. The maximum absolute atomic E-state index is 5.82. The first-order valence-electron chi connectivity index (χ1n) is 4.66. The van der Waals surface area contributed by atoms with Crippen LogP contribution in [0, 0.1) is 6.92 Å². The van der Waals surface area contributed by atoms with E-state index in [1.54, 1.807) is 0 Å². The molecule has 0 saturated heterocycles. The Bertz CT molecular complexity index is 372. The topological polar surface area (TPSA) is 18.5 Å². The van der Waals surface area contributed by atoms with Gasteiger partial charge < -0.3 is 8.92 Å². The third-order valence-corrected chi connectivity index (χ3v) is 2.73. The van der Waals surface area contributed by atoms with Gasteiger partial charge in [0, 0.05) is 24.9 Å². The summed E-state index contributed by atoms with van der Waals surface area (Å²) in [6.45, 7) is 6.25. The highest BCUT2D eigenvalue weighted by Crippen LogP contribution is 2.43. The van der Waals surface area contributed by atoms with Gasteiger partial charge in [-0.3, -0.25) is 0 Å². The Balaban J connectivity index is 2.53. The van der Waals surface area contributed by atoms with Crippen molar-refractivity contribution in [3.8, 4) is 11.5 Å². The van der Waals surface area contributed by atoms with Gasteiger partial charge in [-0.15, -0.1) is 0 Å². The summed E-state index contributed by atoms with van der Waals surface area (Å²) in [5.74, 6) is 1.56. The van der Waals surface area contributed by atoms with Gasteiger partial charge in [0.05, 0.1) is 0 Å². The third kappa shape index (κ3) is 1.46.